The number of hydrogen-bond acceptors (Lipinski definition) is 7. The third-order valence-electron chi connectivity index (χ3n) is 6.16. The molecule has 9 heteroatoms. The number of carbonyl (C=O) groups is 1. The molecule has 0 radical (unpaired) electrons. The van der Waals surface area contributed by atoms with E-state index in [4.69, 9.17) is 4.42 Å². The summed E-state index contributed by atoms with van der Waals surface area (Å²) in [5.41, 5.74) is 3.70. The Kier molecular flexibility index (Phi) is 5.95. The number of hydrogen-bond donors (Lipinski definition) is 0. The second kappa shape index (κ2) is 9.19. The minimum atomic E-state index is -0.329. The fourth-order valence-corrected chi connectivity index (χ4v) is 4.31. The van der Waals surface area contributed by atoms with Crippen LogP contribution >= 0.6 is 0 Å². The number of fused-ring (bicyclic) bond motifs is 1. The second-order valence-electron chi connectivity index (χ2n) is 8.49. The summed E-state index contributed by atoms with van der Waals surface area (Å²) in [6.07, 6.45) is 7.00. The molecule has 0 spiro atoms. The first-order valence-corrected chi connectivity index (χ1v) is 11.1. The lowest BCUT2D eigenvalue weighted by molar-refractivity contribution is 0.0987. The van der Waals surface area contributed by atoms with E-state index in [9.17, 15) is 9.18 Å². The van der Waals surface area contributed by atoms with Crippen molar-refractivity contribution in [1.29, 1.82) is 0 Å². The Labute approximate surface area is 190 Å². The number of carbonyl (C=O) groups excluding carboxylic acids is 1. The predicted molar refractivity (Wildman–Crippen MR) is 121 cm³/mol. The van der Waals surface area contributed by atoms with Crippen molar-refractivity contribution >= 4 is 16.7 Å². The molecular formula is C24H25FN6O2. The first-order valence-electron chi connectivity index (χ1n) is 11.1. The van der Waals surface area contributed by atoms with Gasteiger partial charge in [-0.25, -0.2) is 9.37 Å². The van der Waals surface area contributed by atoms with Crippen molar-refractivity contribution in [2.45, 2.75) is 25.2 Å². The normalized spacial score (nSPS) is 15.3. The van der Waals surface area contributed by atoms with Crippen LogP contribution in [0.2, 0.25) is 0 Å². The van der Waals surface area contributed by atoms with Gasteiger partial charge in [0.25, 0.3) is 0 Å². The summed E-state index contributed by atoms with van der Waals surface area (Å²) in [7, 11) is 1.88. The minimum Gasteiger partial charge on any atom is -0.448 e. The Balaban J connectivity index is 1.28. The molecule has 1 saturated heterocycles. The van der Waals surface area contributed by atoms with E-state index in [-0.39, 0.29) is 24.8 Å². The molecule has 0 N–H and O–H groups in total. The van der Waals surface area contributed by atoms with Crippen LogP contribution in [0.4, 0.5) is 4.39 Å². The maximum Gasteiger partial charge on any atom is 0.197 e. The molecule has 0 aliphatic carbocycles. The lowest BCUT2D eigenvalue weighted by atomic mass is 9.97. The van der Waals surface area contributed by atoms with Gasteiger partial charge < -0.3 is 9.32 Å². The Morgan fingerprint density at radius 2 is 2.03 bits per heavy atom. The largest absolute Gasteiger partial charge is 0.448 e. The summed E-state index contributed by atoms with van der Waals surface area (Å²) in [6, 6.07) is 7.82. The van der Waals surface area contributed by atoms with Crippen LogP contribution in [0.1, 0.15) is 40.8 Å². The highest BCUT2D eigenvalue weighted by Crippen LogP contribution is 2.28. The van der Waals surface area contributed by atoms with Gasteiger partial charge in [-0.05, 0) is 49.7 Å². The lowest BCUT2D eigenvalue weighted by Crippen LogP contribution is -2.34. The van der Waals surface area contributed by atoms with Gasteiger partial charge in [-0.1, -0.05) is 6.07 Å². The first-order chi connectivity index (χ1) is 16.1. The third kappa shape index (κ3) is 4.68. The fourth-order valence-electron chi connectivity index (χ4n) is 4.31. The smallest absolute Gasteiger partial charge is 0.197 e. The molecule has 4 aromatic rings. The van der Waals surface area contributed by atoms with E-state index in [0.717, 1.165) is 48.0 Å². The number of aryl methyl sites for hydroxylation is 1. The number of Topliss-reactive ketones (excluding diaryl/α,β-unsaturated/α-hetero) is 1. The molecule has 5 rings (SSSR count). The van der Waals surface area contributed by atoms with E-state index in [1.54, 1.807) is 4.68 Å². The van der Waals surface area contributed by atoms with Crippen molar-refractivity contribution in [3.05, 3.63) is 60.2 Å². The number of likely N-dealkylation sites (tertiary alicyclic amines) is 1. The van der Waals surface area contributed by atoms with E-state index in [2.05, 4.69) is 25.2 Å². The Hall–Kier alpha value is -3.46. The molecule has 1 aromatic carbocycles. The number of piperidine rings is 1. The quantitative estimate of drug-likeness (QED) is 0.399. The van der Waals surface area contributed by atoms with Crippen molar-refractivity contribution in [1.82, 2.24) is 29.9 Å². The third-order valence-corrected chi connectivity index (χ3v) is 6.16. The molecule has 1 fully saturated rings. The van der Waals surface area contributed by atoms with E-state index in [1.165, 1.54) is 6.26 Å². The fraction of sp³-hybridized carbons (Fsp3) is 0.375. The predicted octanol–water partition coefficient (Wildman–Crippen LogP) is 3.59. The van der Waals surface area contributed by atoms with Crippen LogP contribution in [0.5, 0.6) is 0 Å². The standard InChI is InChI=1S/C24H25FN6O2/c1-30-14-19(13-26-30)17-2-3-21-18(10-17)11-20(28-29-21)12-23(32)22-15-33-24(27-22)16-4-7-31(8-5-16)9-6-25/h2-3,10-11,13-16H,4-9,12H2,1H3. The van der Waals surface area contributed by atoms with Gasteiger partial charge in [0, 0.05) is 36.7 Å². The molecule has 3 aromatic heterocycles. The molecular weight excluding hydrogens is 423 g/mol. The summed E-state index contributed by atoms with van der Waals surface area (Å²) < 4.78 is 19.9. The summed E-state index contributed by atoms with van der Waals surface area (Å²) >= 11 is 0. The molecule has 33 heavy (non-hydrogen) atoms. The Morgan fingerprint density at radius 3 is 2.79 bits per heavy atom. The van der Waals surface area contributed by atoms with Crippen molar-refractivity contribution in [2.24, 2.45) is 7.05 Å². The monoisotopic (exact) mass is 448 g/mol. The molecule has 170 valence electrons. The van der Waals surface area contributed by atoms with E-state index in [1.807, 2.05) is 43.7 Å². The lowest BCUT2D eigenvalue weighted by Gasteiger charge is -2.29. The maximum absolute atomic E-state index is 12.8. The van der Waals surface area contributed by atoms with Crippen LogP contribution in [-0.4, -0.2) is 62.0 Å². The maximum atomic E-state index is 12.8. The van der Waals surface area contributed by atoms with Crippen molar-refractivity contribution in [3.63, 3.8) is 0 Å². The number of aromatic nitrogens is 5. The van der Waals surface area contributed by atoms with Crippen LogP contribution < -0.4 is 0 Å². The van der Waals surface area contributed by atoms with Gasteiger partial charge in [-0.2, -0.15) is 15.3 Å². The molecule has 8 nitrogen and oxygen atoms in total. The van der Waals surface area contributed by atoms with Gasteiger partial charge in [0.05, 0.1) is 23.8 Å². The van der Waals surface area contributed by atoms with Crippen molar-refractivity contribution in [3.8, 4) is 11.1 Å². The zero-order chi connectivity index (χ0) is 22.8. The van der Waals surface area contributed by atoms with Gasteiger partial charge in [0.1, 0.15) is 18.6 Å². The molecule has 0 amide bonds. The molecule has 0 bridgehead atoms. The highest BCUT2D eigenvalue weighted by molar-refractivity contribution is 5.95. The van der Waals surface area contributed by atoms with Crippen LogP contribution in [0.15, 0.2) is 47.3 Å². The van der Waals surface area contributed by atoms with Crippen LogP contribution in [0.3, 0.4) is 0 Å². The SMILES string of the molecule is Cn1cc(-c2ccc3nnc(CC(=O)c4coc(C5CCN(CCF)CC5)n4)cc3c2)cn1. The Bertz CT molecular complexity index is 1270. The van der Waals surface area contributed by atoms with E-state index < -0.39 is 0 Å². The molecule has 0 saturated carbocycles. The molecule has 1 aliphatic heterocycles. The van der Waals surface area contributed by atoms with Crippen LogP contribution in [0.25, 0.3) is 22.0 Å². The van der Waals surface area contributed by atoms with Gasteiger partial charge in [0.15, 0.2) is 11.7 Å². The van der Waals surface area contributed by atoms with Crippen LogP contribution in [-0.2, 0) is 13.5 Å². The zero-order valence-electron chi connectivity index (χ0n) is 18.4. The summed E-state index contributed by atoms with van der Waals surface area (Å²) in [5, 5.41) is 13.6. The number of oxazole rings is 1. The zero-order valence-corrected chi connectivity index (χ0v) is 18.4. The van der Waals surface area contributed by atoms with Gasteiger partial charge in [-0.3, -0.25) is 9.48 Å². The first kappa shape index (κ1) is 21.4. The summed E-state index contributed by atoms with van der Waals surface area (Å²) in [5.74, 6) is 0.592. The average molecular weight is 449 g/mol. The van der Waals surface area contributed by atoms with Crippen LogP contribution in [0, 0.1) is 0 Å². The number of rotatable bonds is 7. The highest BCUT2D eigenvalue weighted by Gasteiger charge is 2.25. The number of alkyl halides is 1. The van der Waals surface area contributed by atoms with Crippen molar-refractivity contribution in [2.75, 3.05) is 26.3 Å². The van der Waals surface area contributed by atoms with Crippen molar-refractivity contribution < 1.29 is 13.6 Å². The summed E-state index contributed by atoms with van der Waals surface area (Å²) in [6.45, 7) is 1.77. The molecule has 0 atom stereocenters. The molecule has 1 aliphatic rings. The number of benzene rings is 1. The minimum absolute atomic E-state index is 0.0982. The second-order valence-corrected chi connectivity index (χ2v) is 8.49. The van der Waals surface area contributed by atoms with Gasteiger partial charge in [-0.15, -0.1) is 0 Å². The average Bonchev–Trinajstić information content (AvgIpc) is 3.49. The highest BCUT2D eigenvalue weighted by atomic mass is 19.1. The van der Waals surface area contributed by atoms with Gasteiger partial charge in [0.2, 0.25) is 0 Å². The molecule has 0 unspecified atom stereocenters. The number of ketones is 1. The van der Waals surface area contributed by atoms with E-state index in [0.29, 0.717) is 23.8 Å². The Morgan fingerprint density at radius 1 is 1.18 bits per heavy atom. The van der Waals surface area contributed by atoms with E-state index >= 15 is 0 Å². The summed E-state index contributed by atoms with van der Waals surface area (Å²) in [4.78, 5) is 19.4. The topological polar surface area (TPSA) is 89.9 Å². The number of halogens is 1. The van der Waals surface area contributed by atoms with Gasteiger partial charge >= 0.3 is 0 Å². The number of nitrogens with zero attached hydrogens (tertiary/aromatic N) is 6. The molecule has 4 heterocycles.